The second kappa shape index (κ2) is 13.2. The van der Waals surface area contributed by atoms with Crippen LogP contribution in [0.5, 0.6) is 11.5 Å². The summed E-state index contributed by atoms with van der Waals surface area (Å²) in [6, 6.07) is 7.76. The zero-order valence-electron chi connectivity index (χ0n) is 20.8. The Kier molecular flexibility index (Phi) is 12.1. The number of hydrogen-bond donors (Lipinski definition) is 0. The van der Waals surface area contributed by atoms with E-state index >= 15 is 0 Å². The lowest BCUT2D eigenvalue weighted by Crippen LogP contribution is -2.22. The molecule has 0 radical (unpaired) electrons. The van der Waals surface area contributed by atoms with E-state index in [1.54, 1.807) is 6.66 Å². The Bertz CT molecular complexity index is 700. The maximum absolute atomic E-state index is 12.6. The van der Waals surface area contributed by atoms with Crippen LogP contribution in [0.3, 0.4) is 0 Å². The Morgan fingerprint density at radius 3 is 1.84 bits per heavy atom. The minimum Gasteiger partial charge on any atom is -0.464 e. The zero-order valence-corrected chi connectivity index (χ0v) is 23.7. The average molecular weight is 491 g/mol. The van der Waals surface area contributed by atoms with Crippen molar-refractivity contribution < 1.29 is 28.0 Å². The van der Waals surface area contributed by atoms with Gasteiger partial charge in [-0.1, -0.05) is 45.3 Å². The van der Waals surface area contributed by atoms with Gasteiger partial charge >= 0.3 is 0 Å². The maximum atomic E-state index is 12.6. The highest BCUT2D eigenvalue weighted by Gasteiger charge is 2.18. The van der Waals surface area contributed by atoms with Gasteiger partial charge in [-0.25, -0.2) is 0 Å². The molecule has 9 heteroatoms. The molecule has 1 aromatic rings. The third-order valence-electron chi connectivity index (χ3n) is 4.47. The largest absolute Gasteiger partial charge is 0.464 e. The maximum Gasteiger partial charge on any atom is 0.204 e. The molecule has 0 spiro atoms. The monoisotopic (exact) mass is 490 g/mol. The lowest BCUT2D eigenvalue weighted by Gasteiger charge is -2.18. The molecule has 0 aliphatic rings. The molecule has 0 amide bonds. The number of rotatable bonds is 16. The third-order valence-corrected chi connectivity index (χ3v) is 9.62. The van der Waals surface area contributed by atoms with Crippen molar-refractivity contribution in [3.63, 3.8) is 0 Å². The van der Waals surface area contributed by atoms with Gasteiger partial charge in [0.15, 0.2) is 25.1 Å². The zero-order chi connectivity index (χ0) is 23.5. The Balaban J connectivity index is 2.73. The Morgan fingerprint density at radius 1 is 0.839 bits per heavy atom. The average Bonchev–Trinajstić information content (AvgIpc) is 2.60. The van der Waals surface area contributed by atoms with Crippen molar-refractivity contribution in [2.24, 2.45) is 0 Å². The molecular formula is C22H43O6PSi2. The molecular weight excluding hydrogens is 447 g/mol. The Labute approximate surface area is 191 Å². The highest BCUT2D eigenvalue weighted by molar-refractivity contribution is 7.57. The molecule has 0 N–H and O–H groups in total. The number of hydrogen-bond acceptors (Lipinski definition) is 6. The van der Waals surface area contributed by atoms with E-state index in [9.17, 15) is 4.57 Å². The molecule has 1 rings (SSSR count). The molecule has 0 saturated heterocycles. The standard InChI is InChI=1S/C22H43O6PSi2/c1-9-28-29(2,23)17-20-10-11-21(26-18-24-12-14-30(3,4)5)22(16-20)27-19-25-13-15-31(6,7)8/h10-11,16H,9,12-15,17-19H2,1-8H3. The predicted octanol–water partition coefficient (Wildman–Crippen LogP) is 6.51. The van der Waals surface area contributed by atoms with Crippen molar-refractivity contribution in [2.75, 3.05) is 40.1 Å². The molecule has 0 aromatic heterocycles. The summed E-state index contributed by atoms with van der Waals surface area (Å²) in [5.74, 6) is 1.16. The van der Waals surface area contributed by atoms with Gasteiger partial charge in [-0.05, 0) is 36.7 Å². The quantitative estimate of drug-likeness (QED) is 0.114. The van der Waals surface area contributed by atoms with Crippen molar-refractivity contribution in [3.8, 4) is 11.5 Å². The van der Waals surface area contributed by atoms with Gasteiger partial charge in [0, 0.05) is 42.2 Å². The SMILES string of the molecule is CCOP(C)(=O)Cc1ccc(OCOCC[Si](C)(C)C)c(OCOCC[Si](C)(C)C)c1. The first-order valence-electron chi connectivity index (χ1n) is 11.1. The minimum absolute atomic E-state index is 0.149. The summed E-state index contributed by atoms with van der Waals surface area (Å²) in [6.45, 7) is 19.5. The molecule has 0 fully saturated rings. The summed E-state index contributed by atoms with van der Waals surface area (Å²) in [7, 11) is -4.97. The van der Waals surface area contributed by atoms with E-state index in [0.717, 1.165) is 17.7 Å². The fourth-order valence-corrected chi connectivity index (χ4v) is 5.63. The van der Waals surface area contributed by atoms with E-state index in [1.165, 1.54) is 0 Å². The predicted molar refractivity (Wildman–Crippen MR) is 135 cm³/mol. The van der Waals surface area contributed by atoms with E-state index < -0.39 is 23.5 Å². The van der Waals surface area contributed by atoms with Gasteiger partial charge < -0.3 is 23.5 Å². The second-order valence-electron chi connectivity index (χ2n) is 10.3. The first-order valence-corrected chi connectivity index (χ1v) is 20.7. The van der Waals surface area contributed by atoms with Crippen LogP contribution < -0.4 is 9.47 Å². The molecule has 0 bridgehead atoms. The number of ether oxygens (including phenoxy) is 4. The molecule has 180 valence electrons. The third kappa shape index (κ3) is 14.2. The van der Waals surface area contributed by atoms with Crippen LogP contribution in [-0.4, -0.2) is 56.2 Å². The first-order chi connectivity index (χ1) is 14.3. The summed E-state index contributed by atoms with van der Waals surface area (Å²) in [5, 5.41) is 0. The summed E-state index contributed by atoms with van der Waals surface area (Å²) < 4.78 is 41.0. The van der Waals surface area contributed by atoms with Crippen LogP contribution in [0, 0.1) is 0 Å². The van der Waals surface area contributed by atoms with E-state index in [1.807, 2.05) is 25.1 Å². The fourth-order valence-electron chi connectivity index (χ4n) is 2.62. The van der Waals surface area contributed by atoms with Crippen molar-refractivity contribution in [1.29, 1.82) is 0 Å². The van der Waals surface area contributed by atoms with Gasteiger partial charge in [0.05, 0.1) is 6.61 Å². The fraction of sp³-hybridized carbons (Fsp3) is 0.727. The van der Waals surface area contributed by atoms with Gasteiger partial charge in [0.1, 0.15) is 0 Å². The Morgan fingerprint density at radius 2 is 1.35 bits per heavy atom. The summed E-state index contributed by atoms with van der Waals surface area (Å²) in [4.78, 5) is 0. The highest BCUT2D eigenvalue weighted by Crippen LogP contribution is 2.47. The molecule has 0 heterocycles. The van der Waals surface area contributed by atoms with Crippen LogP contribution in [0.2, 0.25) is 51.4 Å². The molecule has 1 aromatic carbocycles. The van der Waals surface area contributed by atoms with Crippen molar-refractivity contribution in [1.82, 2.24) is 0 Å². The first kappa shape index (κ1) is 28.4. The summed E-state index contributed by atoms with van der Waals surface area (Å²) in [5.41, 5.74) is 0.878. The van der Waals surface area contributed by atoms with Crippen LogP contribution >= 0.6 is 7.37 Å². The molecule has 0 aliphatic heterocycles. The van der Waals surface area contributed by atoms with Crippen molar-refractivity contribution >= 4 is 23.5 Å². The smallest absolute Gasteiger partial charge is 0.204 e. The second-order valence-corrected chi connectivity index (χ2v) is 24.2. The summed E-state index contributed by atoms with van der Waals surface area (Å²) >= 11 is 0. The van der Waals surface area contributed by atoms with Crippen LogP contribution in [0.4, 0.5) is 0 Å². The lowest BCUT2D eigenvalue weighted by molar-refractivity contribution is 0.00570. The molecule has 1 unspecified atom stereocenters. The van der Waals surface area contributed by atoms with Gasteiger partial charge in [0.25, 0.3) is 0 Å². The van der Waals surface area contributed by atoms with Gasteiger partial charge in [-0.3, -0.25) is 4.57 Å². The van der Waals surface area contributed by atoms with Crippen molar-refractivity contribution in [3.05, 3.63) is 23.8 Å². The van der Waals surface area contributed by atoms with Gasteiger partial charge in [0.2, 0.25) is 7.37 Å². The minimum atomic E-state index is -2.69. The summed E-state index contributed by atoms with van der Waals surface area (Å²) in [6.07, 6.45) is 0.348. The molecule has 6 nitrogen and oxygen atoms in total. The topological polar surface area (TPSA) is 63.2 Å². The van der Waals surface area contributed by atoms with Crippen molar-refractivity contribution in [2.45, 2.75) is 64.5 Å². The van der Waals surface area contributed by atoms with E-state index in [-0.39, 0.29) is 13.6 Å². The highest BCUT2D eigenvalue weighted by atomic mass is 31.2. The van der Waals surface area contributed by atoms with Crippen LogP contribution in [0.25, 0.3) is 0 Å². The molecule has 0 aliphatic carbocycles. The lowest BCUT2D eigenvalue weighted by atomic mass is 10.2. The van der Waals surface area contributed by atoms with Crippen LogP contribution in [0.15, 0.2) is 18.2 Å². The molecule has 31 heavy (non-hydrogen) atoms. The number of benzene rings is 1. The van der Waals surface area contributed by atoms with Crippen LogP contribution in [0.1, 0.15) is 12.5 Å². The van der Waals surface area contributed by atoms with Crippen LogP contribution in [-0.2, 0) is 24.7 Å². The Hall–Kier alpha value is -0.636. The van der Waals surface area contributed by atoms with E-state index in [4.69, 9.17) is 23.5 Å². The van der Waals surface area contributed by atoms with E-state index in [2.05, 4.69) is 39.3 Å². The molecule has 0 saturated carbocycles. The molecule has 1 atom stereocenters. The van der Waals surface area contributed by atoms with Gasteiger partial charge in [-0.15, -0.1) is 0 Å². The van der Waals surface area contributed by atoms with Gasteiger partial charge in [-0.2, -0.15) is 0 Å². The van der Waals surface area contributed by atoms with E-state index in [0.29, 0.717) is 37.5 Å². The normalized spacial score (nSPS) is 14.3.